The average molecular weight is 462 g/mol. The summed E-state index contributed by atoms with van der Waals surface area (Å²) in [6.07, 6.45) is 7.69. The zero-order valence-electron chi connectivity index (χ0n) is 18.5. The van der Waals surface area contributed by atoms with E-state index in [0.29, 0.717) is 37.9 Å². The number of nitrogens with zero attached hydrogens (tertiary/aromatic N) is 2. The quantitative estimate of drug-likeness (QED) is 0.681. The highest BCUT2D eigenvalue weighted by atomic mass is 32.2. The highest BCUT2D eigenvalue weighted by Crippen LogP contribution is 2.34. The van der Waals surface area contributed by atoms with Crippen LogP contribution in [0.5, 0.6) is 0 Å². The Morgan fingerprint density at radius 1 is 1.09 bits per heavy atom. The molecule has 2 aliphatic rings. The Balaban J connectivity index is 1.36. The van der Waals surface area contributed by atoms with Crippen LogP contribution >= 0.6 is 0 Å². The fourth-order valence-electron chi connectivity index (χ4n) is 4.98. The lowest BCUT2D eigenvalue weighted by atomic mass is 9.82. The molecule has 1 saturated carbocycles. The van der Waals surface area contributed by atoms with Crippen LogP contribution in [0.2, 0.25) is 0 Å². The van der Waals surface area contributed by atoms with Crippen molar-refractivity contribution in [2.75, 3.05) is 30.9 Å². The van der Waals surface area contributed by atoms with Gasteiger partial charge < -0.3 is 9.64 Å². The van der Waals surface area contributed by atoms with Crippen LogP contribution in [0.3, 0.4) is 0 Å². The Kier molecular flexibility index (Phi) is 7.43. The molecule has 2 heterocycles. The van der Waals surface area contributed by atoms with Gasteiger partial charge in [-0.05, 0) is 55.7 Å². The molecule has 0 radical (unpaired) electrons. The number of rotatable bonds is 7. The minimum Gasteiger partial charge on any atom is -0.378 e. The van der Waals surface area contributed by atoms with Crippen LogP contribution in [-0.4, -0.2) is 51.5 Å². The third-order valence-corrected chi connectivity index (χ3v) is 7.36. The molecule has 0 bridgehead atoms. The molecule has 8 heteroatoms. The minimum atomic E-state index is -3.34. The van der Waals surface area contributed by atoms with Crippen LogP contribution in [0.1, 0.15) is 43.6 Å². The van der Waals surface area contributed by atoms with E-state index in [9.17, 15) is 12.8 Å². The molecular formula is C24H32FN3O3S. The van der Waals surface area contributed by atoms with Gasteiger partial charge >= 0.3 is 0 Å². The fourth-order valence-corrected chi connectivity index (χ4v) is 5.84. The number of anilines is 1. The summed E-state index contributed by atoms with van der Waals surface area (Å²) < 4.78 is 47.1. The molecule has 6 nitrogen and oxygen atoms in total. The molecule has 1 aliphatic carbocycles. The van der Waals surface area contributed by atoms with Gasteiger partial charge in [-0.15, -0.1) is 0 Å². The summed E-state index contributed by atoms with van der Waals surface area (Å²) in [7, 11) is -3.34. The number of sulfonamides is 1. The highest BCUT2D eigenvalue weighted by Gasteiger charge is 2.34. The van der Waals surface area contributed by atoms with Crippen LogP contribution in [0, 0.1) is 11.7 Å². The lowest BCUT2D eigenvalue weighted by Gasteiger charge is -2.40. The maximum atomic E-state index is 14.3. The molecule has 2 aromatic rings. The summed E-state index contributed by atoms with van der Waals surface area (Å²) >= 11 is 0. The second kappa shape index (κ2) is 10.3. The van der Waals surface area contributed by atoms with E-state index in [1.165, 1.54) is 17.9 Å². The first-order valence-corrected chi connectivity index (χ1v) is 13.3. The van der Waals surface area contributed by atoms with Gasteiger partial charge in [0.15, 0.2) is 11.6 Å². The van der Waals surface area contributed by atoms with Gasteiger partial charge in [-0.25, -0.2) is 22.5 Å². The van der Waals surface area contributed by atoms with Gasteiger partial charge in [-0.2, -0.15) is 0 Å². The van der Waals surface area contributed by atoms with Crippen molar-refractivity contribution in [2.24, 2.45) is 5.92 Å². The number of nitrogens with one attached hydrogen (secondary N) is 1. The number of pyridine rings is 1. The second-order valence-electron chi connectivity index (χ2n) is 9.02. The summed E-state index contributed by atoms with van der Waals surface area (Å²) in [6, 6.07) is 13.4. The normalized spacial score (nSPS) is 26.8. The number of piperidine rings is 1. The third-order valence-electron chi connectivity index (χ3n) is 6.63. The Morgan fingerprint density at radius 3 is 2.53 bits per heavy atom. The van der Waals surface area contributed by atoms with Gasteiger partial charge in [0.2, 0.25) is 10.0 Å². The van der Waals surface area contributed by atoms with E-state index >= 15 is 0 Å². The van der Waals surface area contributed by atoms with Gasteiger partial charge in [-0.1, -0.05) is 30.3 Å². The predicted molar refractivity (Wildman–Crippen MR) is 124 cm³/mol. The van der Waals surface area contributed by atoms with E-state index < -0.39 is 10.0 Å². The molecule has 1 N–H and O–H groups in total. The Bertz CT molecular complexity index is 981. The van der Waals surface area contributed by atoms with Crippen molar-refractivity contribution in [2.45, 2.75) is 50.2 Å². The van der Waals surface area contributed by atoms with Crippen molar-refractivity contribution in [3.63, 3.8) is 0 Å². The lowest BCUT2D eigenvalue weighted by Crippen LogP contribution is -2.53. The first-order valence-electron chi connectivity index (χ1n) is 11.4. The molecule has 4 rings (SSSR count). The molecule has 1 aromatic carbocycles. The van der Waals surface area contributed by atoms with Crippen LogP contribution in [0.4, 0.5) is 10.2 Å². The lowest BCUT2D eigenvalue weighted by molar-refractivity contribution is -0.00217. The van der Waals surface area contributed by atoms with Crippen molar-refractivity contribution < 1.29 is 17.5 Å². The molecule has 0 spiro atoms. The minimum absolute atomic E-state index is 0.0771. The van der Waals surface area contributed by atoms with Gasteiger partial charge in [0.25, 0.3) is 0 Å². The average Bonchev–Trinajstić information content (AvgIpc) is 2.79. The number of halogens is 1. The Hall–Kier alpha value is -2.03. The van der Waals surface area contributed by atoms with E-state index in [-0.39, 0.29) is 23.9 Å². The highest BCUT2D eigenvalue weighted by molar-refractivity contribution is 7.88. The van der Waals surface area contributed by atoms with Crippen molar-refractivity contribution in [3.8, 4) is 0 Å². The summed E-state index contributed by atoms with van der Waals surface area (Å²) in [5, 5.41) is 0. The zero-order chi connectivity index (χ0) is 22.6. The van der Waals surface area contributed by atoms with Crippen molar-refractivity contribution in [1.82, 2.24) is 9.71 Å². The molecule has 1 saturated heterocycles. The van der Waals surface area contributed by atoms with Gasteiger partial charge in [0.05, 0.1) is 19.0 Å². The van der Waals surface area contributed by atoms with Crippen molar-refractivity contribution in [1.29, 1.82) is 0 Å². The maximum Gasteiger partial charge on any atom is 0.208 e. The molecule has 1 aromatic heterocycles. The second-order valence-corrected chi connectivity index (χ2v) is 10.8. The summed E-state index contributed by atoms with van der Waals surface area (Å²) in [4.78, 5) is 6.09. The van der Waals surface area contributed by atoms with E-state index in [0.717, 1.165) is 25.7 Å². The van der Waals surface area contributed by atoms with Gasteiger partial charge in [0, 0.05) is 31.2 Å². The topological polar surface area (TPSA) is 71.5 Å². The Morgan fingerprint density at radius 2 is 1.84 bits per heavy atom. The van der Waals surface area contributed by atoms with Gasteiger partial charge in [-0.3, -0.25) is 0 Å². The van der Waals surface area contributed by atoms with Crippen LogP contribution < -0.4 is 9.62 Å². The van der Waals surface area contributed by atoms with E-state index in [1.54, 1.807) is 12.3 Å². The number of benzene rings is 1. The number of hydrogen-bond acceptors (Lipinski definition) is 5. The maximum absolute atomic E-state index is 14.3. The molecule has 2 atom stereocenters. The molecule has 174 valence electrons. The zero-order valence-corrected chi connectivity index (χ0v) is 19.3. The molecule has 1 aliphatic heterocycles. The van der Waals surface area contributed by atoms with Crippen LogP contribution in [0.15, 0.2) is 48.7 Å². The smallest absolute Gasteiger partial charge is 0.208 e. The predicted octanol–water partition coefficient (Wildman–Crippen LogP) is 3.71. The van der Waals surface area contributed by atoms with Crippen LogP contribution in [-0.2, 0) is 14.8 Å². The number of aromatic nitrogens is 1. The fraction of sp³-hybridized carbons (Fsp3) is 0.542. The SMILES string of the molecule is CS(=O)(=O)NC1CCN(c2ncccc2F)CC1COC1CCC(c2ccccc2)CC1. The summed E-state index contributed by atoms with van der Waals surface area (Å²) in [5.74, 6) is 0.458. The van der Waals surface area contributed by atoms with E-state index in [4.69, 9.17) is 4.74 Å². The summed E-state index contributed by atoms with van der Waals surface area (Å²) in [6.45, 7) is 1.49. The number of ether oxygens (including phenoxy) is 1. The van der Waals surface area contributed by atoms with Crippen LogP contribution in [0.25, 0.3) is 0 Å². The monoisotopic (exact) mass is 461 g/mol. The van der Waals surface area contributed by atoms with E-state index in [2.05, 4.69) is 34.0 Å². The van der Waals surface area contributed by atoms with Crippen molar-refractivity contribution >= 4 is 15.8 Å². The largest absolute Gasteiger partial charge is 0.378 e. The first-order chi connectivity index (χ1) is 15.4. The molecule has 0 amide bonds. The number of hydrogen-bond donors (Lipinski definition) is 1. The molecule has 32 heavy (non-hydrogen) atoms. The first kappa shape index (κ1) is 23.1. The van der Waals surface area contributed by atoms with Gasteiger partial charge in [0.1, 0.15) is 0 Å². The molecule has 2 unspecified atom stereocenters. The molecule has 2 fully saturated rings. The standard InChI is InChI=1S/C24H32FN3O3S/c1-32(29,30)27-23-13-15-28(24-22(25)8-5-14-26-24)16-20(23)17-31-21-11-9-19(10-12-21)18-6-3-2-4-7-18/h2-8,14,19-21,23,27H,9-13,15-17H2,1H3. The molecular weight excluding hydrogens is 429 g/mol. The Labute approximate surface area is 190 Å². The van der Waals surface area contributed by atoms with E-state index in [1.807, 2.05) is 11.0 Å². The van der Waals surface area contributed by atoms with Crippen molar-refractivity contribution in [3.05, 3.63) is 60.0 Å². The third kappa shape index (κ3) is 6.05. The summed E-state index contributed by atoms with van der Waals surface area (Å²) in [5.41, 5.74) is 1.39.